The molecular weight excluding hydrogens is 297 g/mol. The number of carbonyl (C=O) groups excluding carboxylic acids is 1. The fraction of sp³-hybridized carbons (Fsp3) is 0.500. The summed E-state index contributed by atoms with van der Waals surface area (Å²) in [5.41, 5.74) is 0.978. The highest BCUT2D eigenvalue weighted by atomic mass is 32.3. The van der Waals surface area contributed by atoms with Crippen LogP contribution in [0.1, 0.15) is 12.0 Å². The zero-order chi connectivity index (χ0) is 15.5. The molecule has 0 aromatic heterocycles. The Morgan fingerprint density at radius 1 is 1.33 bits per heavy atom. The van der Waals surface area contributed by atoms with Gasteiger partial charge >= 0.3 is 10.2 Å². The van der Waals surface area contributed by atoms with Gasteiger partial charge in [0.05, 0.1) is 18.4 Å². The summed E-state index contributed by atoms with van der Waals surface area (Å²) in [4.78, 5) is 13.4. The molecule has 0 bridgehead atoms. The van der Waals surface area contributed by atoms with E-state index in [1.807, 2.05) is 30.3 Å². The van der Waals surface area contributed by atoms with E-state index in [0.717, 1.165) is 5.56 Å². The lowest BCUT2D eigenvalue weighted by Crippen LogP contribution is -2.40. The van der Waals surface area contributed by atoms with E-state index in [-0.39, 0.29) is 25.5 Å². The van der Waals surface area contributed by atoms with Gasteiger partial charge in [0.1, 0.15) is 0 Å². The number of nitrogens with zero attached hydrogens (tertiary/aromatic N) is 1. The molecule has 0 aliphatic carbocycles. The summed E-state index contributed by atoms with van der Waals surface area (Å²) in [7, 11) is -4.59. The third kappa shape index (κ3) is 4.50. The number of likely N-dealkylation sites (tertiary alicyclic amines) is 1. The first-order chi connectivity index (χ1) is 9.89. The number of aliphatic hydroxyl groups is 1. The first-order valence-corrected chi connectivity index (χ1v) is 8.31. The molecule has 1 aromatic carbocycles. The molecule has 1 aliphatic rings. The molecule has 2 rings (SSSR count). The van der Waals surface area contributed by atoms with Crippen molar-refractivity contribution in [3.05, 3.63) is 35.9 Å². The molecule has 1 amide bonds. The molecule has 7 heteroatoms. The topological polar surface area (TPSA) is 74.7 Å². The third-order valence-corrected chi connectivity index (χ3v) is 4.51. The van der Waals surface area contributed by atoms with Gasteiger partial charge in [-0.05, 0) is 12.0 Å². The molecule has 1 N–H and O–H groups in total. The molecule has 1 fully saturated rings. The van der Waals surface area contributed by atoms with E-state index in [9.17, 15) is 22.2 Å². The Bertz CT molecular complexity index is 590. The molecule has 2 atom stereocenters. The maximum Gasteiger partial charge on any atom is 0.302 e. The molecular formula is C14H18FNO4S. The number of hydrogen-bond acceptors (Lipinski definition) is 4. The Balaban J connectivity index is 2.03. The number of rotatable bonds is 6. The van der Waals surface area contributed by atoms with Crippen LogP contribution in [0.5, 0.6) is 0 Å². The summed E-state index contributed by atoms with van der Waals surface area (Å²) in [6, 6.07) is 8.99. The Hall–Kier alpha value is -1.47. The van der Waals surface area contributed by atoms with Gasteiger partial charge in [0, 0.05) is 18.9 Å². The molecule has 0 saturated carbocycles. The molecule has 5 nitrogen and oxygen atoms in total. The van der Waals surface area contributed by atoms with E-state index in [0.29, 0.717) is 6.42 Å². The number of aliphatic hydroxyl groups excluding tert-OH is 1. The van der Waals surface area contributed by atoms with Crippen LogP contribution in [0.25, 0.3) is 0 Å². The standard InChI is InChI=1S/C14H18FNO4S/c15-21(19,20)10-12-7-14(18)16(8-12)13(9-17)6-11-4-2-1-3-5-11/h1-5,12-13,17H,6-10H2. The lowest BCUT2D eigenvalue weighted by molar-refractivity contribution is -0.130. The van der Waals surface area contributed by atoms with Crippen molar-refractivity contribution in [3.63, 3.8) is 0 Å². The summed E-state index contributed by atoms with van der Waals surface area (Å²) in [5, 5.41) is 9.50. The average molecular weight is 315 g/mol. The highest BCUT2D eigenvalue weighted by molar-refractivity contribution is 7.86. The van der Waals surface area contributed by atoms with E-state index in [4.69, 9.17) is 0 Å². The Morgan fingerprint density at radius 2 is 2.00 bits per heavy atom. The minimum Gasteiger partial charge on any atom is -0.394 e. The lowest BCUT2D eigenvalue weighted by Gasteiger charge is -2.26. The van der Waals surface area contributed by atoms with Crippen LogP contribution in [0.15, 0.2) is 30.3 Å². The molecule has 21 heavy (non-hydrogen) atoms. The molecule has 0 spiro atoms. The Kier molecular flexibility index (Phi) is 4.95. The zero-order valence-corrected chi connectivity index (χ0v) is 12.3. The molecule has 116 valence electrons. The van der Waals surface area contributed by atoms with Gasteiger partial charge in [-0.1, -0.05) is 30.3 Å². The van der Waals surface area contributed by atoms with Gasteiger partial charge in [-0.15, -0.1) is 3.89 Å². The second-order valence-corrected chi connectivity index (χ2v) is 6.76. The van der Waals surface area contributed by atoms with E-state index < -0.39 is 27.9 Å². The van der Waals surface area contributed by atoms with Gasteiger partial charge in [0.2, 0.25) is 5.91 Å². The maximum atomic E-state index is 12.7. The van der Waals surface area contributed by atoms with E-state index in [1.165, 1.54) is 4.90 Å². The fourth-order valence-corrected chi connectivity index (χ4v) is 3.50. The molecule has 1 aliphatic heterocycles. The van der Waals surface area contributed by atoms with Crippen molar-refractivity contribution in [2.45, 2.75) is 18.9 Å². The number of hydrogen-bond donors (Lipinski definition) is 1. The summed E-state index contributed by atoms with van der Waals surface area (Å²) < 4.78 is 34.1. The van der Waals surface area contributed by atoms with Gasteiger partial charge in [-0.3, -0.25) is 4.79 Å². The smallest absolute Gasteiger partial charge is 0.302 e. The summed E-state index contributed by atoms with van der Waals surface area (Å²) in [6.45, 7) is -0.0459. The van der Waals surface area contributed by atoms with Crippen LogP contribution in [-0.4, -0.2) is 49.3 Å². The number of carbonyl (C=O) groups is 1. The summed E-state index contributed by atoms with van der Waals surface area (Å²) in [5.74, 6) is -1.42. The monoisotopic (exact) mass is 315 g/mol. The van der Waals surface area contributed by atoms with Crippen molar-refractivity contribution in [1.82, 2.24) is 4.90 Å². The van der Waals surface area contributed by atoms with E-state index in [2.05, 4.69) is 0 Å². The predicted octanol–water partition coefficient (Wildman–Crippen LogP) is 0.738. The van der Waals surface area contributed by atoms with Crippen LogP contribution in [-0.2, 0) is 21.4 Å². The van der Waals surface area contributed by atoms with Gasteiger partial charge in [-0.25, -0.2) is 0 Å². The quantitative estimate of drug-likeness (QED) is 0.786. The Labute approximate surface area is 123 Å². The zero-order valence-electron chi connectivity index (χ0n) is 11.5. The summed E-state index contributed by atoms with van der Waals surface area (Å²) in [6.07, 6.45) is 0.493. The van der Waals surface area contributed by atoms with Crippen LogP contribution in [0, 0.1) is 5.92 Å². The third-order valence-electron chi connectivity index (χ3n) is 3.64. The van der Waals surface area contributed by atoms with Crippen LogP contribution >= 0.6 is 0 Å². The molecule has 0 radical (unpaired) electrons. The summed E-state index contributed by atoms with van der Waals surface area (Å²) >= 11 is 0. The molecule has 1 saturated heterocycles. The molecule has 1 aromatic rings. The van der Waals surface area contributed by atoms with Crippen LogP contribution in [0.4, 0.5) is 3.89 Å². The second-order valence-electron chi connectivity index (χ2n) is 5.35. The molecule has 1 heterocycles. The van der Waals surface area contributed by atoms with Crippen molar-refractivity contribution >= 4 is 16.1 Å². The maximum absolute atomic E-state index is 12.7. The number of benzene rings is 1. The Morgan fingerprint density at radius 3 is 2.57 bits per heavy atom. The predicted molar refractivity (Wildman–Crippen MR) is 75.7 cm³/mol. The van der Waals surface area contributed by atoms with Gasteiger partial charge < -0.3 is 10.0 Å². The highest BCUT2D eigenvalue weighted by Gasteiger charge is 2.36. The number of amides is 1. The van der Waals surface area contributed by atoms with Crippen LogP contribution in [0.3, 0.4) is 0 Å². The molecule has 2 unspecified atom stereocenters. The lowest BCUT2D eigenvalue weighted by atomic mass is 10.1. The van der Waals surface area contributed by atoms with E-state index >= 15 is 0 Å². The highest BCUT2D eigenvalue weighted by Crippen LogP contribution is 2.23. The van der Waals surface area contributed by atoms with Crippen molar-refractivity contribution in [1.29, 1.82) is 0 Å². The average Bonchev–Trinajstić information content (AvgIpc) is 2.75. The van der Waals surface area contributed by atoms with Crippen LogP contribution in [0.2, 0.25) is 0 Å². The van der Waals surface area contributed by atoms with Gasteiger partial charge in [-0.2, -0.15) is 8.42 Å². The van der Waals surface area contributed by atoms with Crippen molar-refractivity contribution in [3.8, 4) is 0 Å². The van der Waals surface area contributed by atoms with Crippen molar-refractivity contribution < 1.29 is 22.2 Å². The second kappa shape index (κ2) is 6.53. The largest absolute Gasteiger partial charge is 0.394 e. The first kappa shape index (κ1) is 15.9. The van der Waals surface area contributed by atoms with Crippen molar-refractivity contribution in [2.24, 2.45) is 5.92 Å². The number of halogens is 1. The minimum absolute atomic E-state index is 0.00837. The fourth-order valence-electron chi connectivity index (χ4n) is 2.71. The minimum atomic E-state index is -4.59. The normalized spacial score (nSPS) is 20.8. The van der Waals surface area contributed by atoms with Crippen molar-refractivity contribution in [2.75, 3.05) is 18.9 Å². The first-order valence-electron chi connectivity index (χ1n) is 6.75. The van der Waals surface area contributed by atoms with Gasteiger partial charge in [0.25, 0.3) is 0 Å². The van der Waals surface area contributed by atoms with Crippen LogP contribution < -0.4 is 0 Å². The SMILES string of the molecule is O=C1CC(CS(=O)(=O)F)CN1C(CO)Cc1ccccc1. The van der Waals surface area contributed by atoms with Gasteiger partial charge in [0.15, 0.2) is 0 Å². The van der Waals surface area contributed by atoms with E-state index in [1.54, 1.807) is 0 Å².